The minimum atomic E-state index is -0.673. The minimum Gasteiger partial charge on any atom is -0.504 e. The smallest absolute Gasteiger partial charge is 0.309 e. The number of carboxylic acids is 1. The summed E-state index contributed by atoms with van der Waals surface area (Å²) < 4.78 is 5.30. The molecule has 4 aliphatic rings. The molecule has 5 rings (SSSR count). The van der Waals surface area contributed by atoms with E-state index in [9.17, 15) is 19.8 Å². The number of phenols is 1. The Morgan fingerprint density at radius 2 is 1.67 bits per heavy atom. The number of carbonyl (C=O) groups excluding carboxylic acids is 1. The van der Waals surface area contributed by atoms with Gasteiger partial charge in [-0.25, -0.2) is 0 Å². The van der Waals surface area contributed by atoms with Gasteiger partial charge in [0, 0.05) is 17.6 Å². The molecule has 1 aromatic rings. The van der Waals surface area contributed by atoms with Crippen LogP contribution in [0.5, 0.6) is 11.5 Å². The number of ether oxygens (including phenoxy) is 1. The van der Waals surface area contributed by atoms with Gasteiger partial charge in [-0.15, -0.1) is 0 Å². The Balaban J connectivity index is 1.66. The van der Waals surface area contributed by atoms with Gasteiger partial charge in [-0.05, 0) is 90.9 Å². The first-order valence-electron chi connectivity index (χ1n) is 13.3. The zero-order chi connectivity index (χ0) is 26.5. The molecule has 1 aromatic carbocycles. The average molecular weight is 493 g/mol. The van der Waals surface area contributed by atoms with Crippen LogP contribution in [0, 0.1) is 27.6 Å². The van der Waals surface area contributed by atoms with Crippen LogP contribution in [0.15, 0.2) is 17.7 Å². The maximum atomic E-state index is 12.3. The molecule has 194 valence electrons. The molecular weight excluding hydrogens is 452 g/mol. The summed E-state index contributed by atoms with van der Waals surface area (Å²) in [5, 5.41) is 22.4. The van der Waals surface area contributed by atoms with Crippen molar-refractivity contribution in [2.75, 3.05) is 0 Å². The Morgan fingerprint density at radius 3 is 2.31 bits per heavy atom. The largest absolute Gasteiger partial charge is 0.504 e. The Bertz CT molecular complexity index is 1330. The number of hydrogen-bond acceptors (Lipinski definition) is 4. The number of fused-ring (bicyclic) bond motifs is 7. The van der Waals surface area contributed by atoms with Crippen molar-refractivity contribution in [2.45, 2.75) is 91.9 Å². The lowest BCUT2D eigenvalue weighted by Gasteiger charge is -2.69. The van der Waals surface area contributed by atoms with Crippen molar-refractivity contribution in [3.8, 4) is 11.5 Å². The molecule has 0 aromatic heterocycles. The maximum Gasteiger partial charge on any atom is 0.309 e. The van der Waals surface area contributed by atoms with E-state index in [1.165, 1.54) is 12.5 Å². The lowest BCUT2D eigenvalue weighted by atomic mass is 9.35. The second-order valence-electron chi connectivity index (χ2n) is 13.4. The molecular formula is C31H40O5. The molecule has 3 fully saturated rings. The summed E-state index contributed by atoms with van der Waals surface area (Å²) in [5.41, 5.74) is 1.49. The fourth-order valence-corrected chi connectivity index (χ4v) is 8.81. The van der Waals surface area contributed by atoms with Gasteiger partial charge in [0.05, 0.1) is 5.41 Å². The van der Waals surface area contributed by atoms with E-state index in [1.54, 1.807) is 6.07 Å². The number of hydrogen-bond donors (Lipinski definition) is 2. The van der Waals surface area contributed by atoms with E-state index in [4.69, 9.17) is 4.74 Å². The number of aromatic hydroxyl groups is 1. The molecule has 0 radical (unpaired) electrons. The summed E-state index contributed by atoms with van der Waals surface area (Å²) in [7, 11) is 0. The molecule has 6 atom stereocenters. The lowest BCUT2D eigenvalue weighted by molar-refractivity contribution is -0.177. The molecule has 4 aliphatic carbocycles. The summed E-state index contributed by atoms with van der Waals surface area (Å²) in [5.74, 6) is -0.742. The van der Waals surface area contributed by atoms with Gasteiger partial charge >= 0.3 is 11.9 Å². The normalized spacial score (nSPS) is 40.9. The molecule has 0 amide bonds. The first-order valence-corrected chi connectivity index (χ1v) is 13.3. The first kappa shape index (κ1) is 25.1. The van der Waals surface area contributed by atoms with Crippen molar-refractivity contribution in [1.29, 1.82) is 0 Å². The third kappa shape index (κ3) is 3.07. The van der Waals surface area contributed by atoms with E-state index in [0.29, 0.717) is 11.1 Å². The minimum absolute atomic E-state index is 0.0269. The summed E-state index contributed by atoms with van der Waals surface area (Å²) in [6.45, 7) is 16.9. The molecule has 36 heavy (non-hydrogen) atoms. The predicted molar refractivity (Wildman–Crippen MR) is 140 cm³/mol. The number of esters is 1. The third-order valence-electron chi connectivity index (χ3n) is 11.5. The van der Waals surface area contributed by atoms with E-state index >= 15 is 0 Å². The van der Waals surface area contributed by atoms with Crippen LogP contribution < -0.4 is 15.2 Å². The zero-order valence-corrected chi connectivity index (χ0v) is 22.6. The highest BCUT2D eigenvalue weighted by Gasteiger charge is 2.66. The standard InChI is InChI=1S/C31H40O5/c1-18-20-8-9-23-29(5,21(20)16-22(33)25(18)36-19(2)32)13-15-31(7)24-17-28(4,26(34)35)11-10-27(24,3)12-14-30(23,31)6/h8-9,16,24,33H,1,10-15,17H2,2-7H3,(H,34,35)/t24-,27-,28-,29+,30-,31+/m1/s1. The predicted octanol–water partition coefficient (Wildman–Crippen LogP) is 5.20. The number of phenolic OH excluding ortho intramolecular Hbond substituents is 1. The van der Waals surface area contributed by atoms with E-state index in [2.05, 4.69) is 46.4 Å². The van der Waals surface area contributed by atoms with Gasteiger partial charge in [0.2, 0.25) is 0 Å². The Kier molecular flexibility index (Phi) is 5.22. The number of aliphatic carboxylic acids is 1. The van der Waals surface area contributed by atoms with Crippen LogP contribution >= 0.6 is 0 Å². The summed E-state index contributed by atoms with van der Waals surface area (Å²) in [6, 6.07) is 1.77. The fourth-order valence-electron chi connectivity index (χ4n) is 8.81. The van der Waals surface area contributed by atoms with Crippen molar-refractivity contribution in [1.82, 2.24) is 0 Å². The highest BCUT2D eigenvalue weighted by molar-refractivity contribution is 5.74. The average Bonchev–Trinajstić information content (AvgIpc) is 2.80. The highest BCUT2D eigenvalue weighted by atomic mass is 16.5. The van der Waals surface area contributed by atoms with Crippen LogP contribution in [0.4, 0.5) is 0 Å². The van der Waals surface area contributed by atoms with Crippen molar-refractivity contribution >= 4 is 24.6 Å². The van der Waals surface area contributed by atoms with Gasteiger partial charge in [0.1, 0.15) is 0 Å². The van der Waals surface area contributed by atoms with Crippen molar-refractivity contribution in [3.05, 3.63) is 33.7 Å². The Hall–Kier alpha value is -2.56. The maximum absolute atomic E-state index is 12.3. The van der Waals surface area contributed by atoms with Crippen LogP contribution in [-0.2, 0) is 15.0 Å². The monoisotopic (exact) mass is 492 g/mol. The molecule has 0 unspecified atom stereocenters. The molecule has 3 saturated carbocycles. The molecule has 0 saturated heterocycles. The van der Waals surface area contributed by atoms with E-state index in [1.807, 2.05) is 6.92 Å². The Morgan fingerprint density at radius 1 is 1.00 bits per heavy atom. The SMILES string of the molecule is C=c1c(OC(C)=O)c(O)cc2c1=CC=C1[C@@]2(C)CC[C@@]2(C)[C@@H]3C[C@](C)(C(=O)O)CC[C@]3(C)CC[C@]12C. The fraction of sp³-hybridized carbons (Fsp3) is 0.613. The van der Waals surface area contributed by atoms with Crippen LogP contribution in [-0.4, -0.2) is 22.2 Å². The van der Waals surface area contributed by atoms with Gasteiger partial charge in [-0.1, -0.05) is 52.0 Å². The first-order chi connectivity index (χ1) is 16.6. The number of rotatable bonds is 2. The number of carbonyl (C=O) groups is 2. The van der Waals surface area contributed by atoms with Crippen molar-refractivity contribution < 1.29 is 24.5 Å². The van der Waals surface area contributed by atoms with Gasteiger partial charge in [-0.3, -0.25) is 9.59 Å². The molecule has 0 aliphatic heterocycles. The molecule has 0 bridgehead atoms. The van der Waals surface area contributed by atoms with Crippen molar-refractivity contribution in [3.63, 3.8) is 0 Å². The van der Waals surface area contributed by atoms with E-state index < -0.39 is 17.4 Å². The van der Waals surface area contributed by atoms with Crippen LogP contribution in [0.1, 0.15) is 92.1 Å². The number of allylic oxidation sites excluding steroid dienone is 2. The molecule has 0 spiro atoms. The molecule has 5 nitrogen and oxygen atoms in total. The van der Waals surface area contributed by atoms with Crippen LogP contribution in [0.3, 0.4) is 0 Å². The molecule has 0 heterocycles. The topological polar surface area (TPSA) is 83.8 Å². The van der Waals surface area contributed by atoms with Gasteiger partial charge in [-0.2, -0.15) is 0 Å². The molecule has 2 N–H and O–H groups in total. The zero-order valence-electron chi connectivity index (χ0n) is 22.6. The third-order valence-corrected chi connectivity index (χ3v) is 11.5. The Labute approximate surface area is 213 Å². The number of benzene rings is 1. The quantitative estimate of drug-likeness (QED) is 0.438. The summed E-state index contributed by atoms with van der Waals surface area (Å²) >= 11 is 0. The van der Waals surface area contributed by atoms with E-state index in [-0.39, 0.29) is 33.2 Å². The van der Waals surface area contributed by atoms with Crippen LogP contribution in [0.25, 0.3) is 12.7 Å². The summed E-state index contributed by atoms with van der Waals surface area (Å²) in [6.07, 6.45) is 10.8. The van der Waals surface area contributed by atoms with E-state index in [0.717, 1.165) is 55.7 Å². The van der Waals surface area contributed by atoms with Gasteiger partial charge < -0.3 is 14.9 Å². The lowest BCUT2D eigenvalue weighted by Crippen LogP contribution is -2.63. The van der Waals surface area contributed by atoms with Gasteiger partial charge in [0.25, 0.3) is 0 Å². The highest BCUT2D eigenvalue weighted by Crippen LogP contribution is 2.74. The van der Waals surface area contributed by atoms with Crippen molar-refractivity contribution in [2.24, 2.45) is 27.6 Å². The summed E-state index contributed by atoms with van der Waals surface area (Å²) in [4.78, 5) is 23.9. The van der Waals surface area contributed by atoms with Crippen LogP contribution in [0.2, 0.25) is 0 Å². The van der Waals surface area contributed by atoms with Gasteiger partial charge in [0.15, 0.2) is 11.5 Å². The second-order valence-corrected chi connectivity index (χ2v) is 13.4. The second kappa shape index (κ2) is 7.49. The number of carboxylic acid groups (broad SMARTS) is 1. The molecule has 5 heteroatoms.